The van der Waals surface area contributed by atoms with Gasteiger partial charge in [-0.25, -0.2) is 0 Å². The maximum absolute atomic E-state index is 10.8. The molecule has 2 saturated heterocycles. The van der Waals surface area contributed by atoms with Crippen molar-refractivity contribution in [3.05, 3.63) is 0 Å². The van der Waals surface area contributed by atoms with Gasteiger partial charge in [0, 0.05) is 25.1 Å². The van der Waals surface area contributed by atoms with Crippen LogP contribution in [0.15, 0.2) is 0 Å². The highest BCUT2D eigenvalue weighted by molar-refractivity contribution is 5.67. The van der Waals surface area contributed by atoms with Gasteiger partial charge < -0.3 is 9.84 Å². The molecule has 0 aromatic heterocycles. The molecule has 2 unspecified atom stereocenters. The van der Waals surface area contributed by atoms with Crippen molar-refractivity contribution >= 4 is 5.97 Å². The number of nitrogens with zero attached hydrogens (tertiary/aromatic N) is 1. The van der Waals surface area contributed by atoms with Gasteiger partial charge in [0.15, 0.2) is 0 Å². The van der Waals surface area contributed by atoms with E-state index < -0.39 is 5.97 Å². The standard InChI is InChI=1S/C14H25NO3/c1-14(2)9-11(8-13(16)17)5-6-15(14)10-12-4-3-7-18-12/h11-12H,3-10H2,1-2H3,(H,16,17). The molecule has 0 saturated carbocycles. The van der Waals surface area contributed by atoms with Crippen molar-refractivity contribution in [1.29, 1.82) is 0 Å². The summed E-state index contributed by atoms with van der Waals surface area (Å²) in [7, 11) is 0. The van der Waals surface area contributed by atoms with Gasteiger partial charge in [-0.1, -0.05) is 0 Å². The molecule has 4 heteroatoms. The highest BCUT2D eigenvalue weighted by Gasteiger charge is 2.36. The molecule has 0 aromatic rings. The first-order valence-electron chi connectivity index (χ1n) is 7.06. The third-order valence-electron chi connectivity index (χ3n) is 4.36. The number of piperidine rings is 1. The maximum atomic E-state index is 10.8. The van der Waals surface area contributed by atoms with Gasteiger partial charge >= 0.3 is 5.97 Å². The quantitative estimate of drug-likeness (QED) is 0.836. The lowest BCUT2D eigenvalue weighted by atomic mass is 9.81. The van der Waals surface area contributed by atoms with Crippen LogP contribution in [0.25, 0.3) is 0 Å². The molecule has 0 amide bonds. The van der Waals surface area contributed by atoms with E-state index in [1.807, 2.05) is 0 Å². The van der Waals surface area contributed by atoms with Crippen LogP contribution in [0.1, 0.15) is 46.0 Å². The molecule has 2 fully saturated rings. The smallest absolute Gasteiger partial charge is 0.303 e. The first-order chi connectivity index (χ1) is 8.47. The van der Waals surface area contributed by atoms with Crippen molar-refractivity contribution in [2.24, 2.45) is 5.92 Å². The molecule has 2 atom stereocenters. The van der Waals surface area contributed by atoms with Crippen molar-refractivity contribution in [2.75, 3.05) is 19.7 Å². The summed E-state index contributed by atoms with van der Waals surface area (Å²) in [5.74, 6) is -0.332. The van der Waals surface area contributed by atoms with E-state index in [-0.39, 0.29) is 5.54 Å². The van der Waals surface area contributed by atoms with Gasteiger partial charge in [0.1, 0.15) is 0 Å². The summed E-state index contributed by atoms with van der Waals surface area (Å²) in [6.07, 6.45) is 5.04. The number of aliphatic carboxylic acids is 1. The van der Waals surface area contributed by atoms with Gasteiger partial charge in [-0.15, -0.1) is 0 Å². The molecular formula is C14H25NO3. The fourth-order valence-electron chi connectivity index (χ4n) is 3.37. The van der Waals surface area contributed by atoms with Gasteiger partial charge in [0.25, 0.3) is 0 Å². The summed E-state index contributed by atoms with van der Waals surface area (Å²) in [6, 6.07) is 0. The summed E-state index contributed by atoms with van der Waals surface area (Å²) in [5.41, 5.74) is 0.102. The molecular weight excluding hydrogens is 230 g/mol. The summed E-state index contributed by atoms with van der Waals surface area (Å²) < 4.78 is 5.70. The van der Waals surface area contributed by atoms with Gasteiger partial charge in [-0.3, -0.25) is 9.69 Å². The summed E-state index contributed by atoms with van der Waals surface area (Å²) >= 11 is 0. The molecule has 18 heavy (non-hydrogen) atoms. The molecule has 4 nitrogen and oxygen atoms in total. The predicted molar refractivity (Wildman–Crippen MR) is 69.6 cm³/mol. The fraction of sp³-hybridized carbons (Fsp3) is 0.929. The second-order valence-corrected chi connectivity index (χ2v) is 6.35. The first-order valence-corrected chi connectivity index (χ1v) is 7.06. The Morgan fingerprint density at radius 3 is 2.78 bits per heavy atom. The Balaban J connectivity index is 1.87. The minimum absolute atomic E-state index is 0.102. The Kier molecular flexibility index (Phi) is 4.28. The Morgan fingerprint density at radius 2 is 2.22 bits per heavy atom. The summed E-state index contributed by atoms with van der Waals surface area (Å²) in [4.78, 5) is 13.3. The number of ether oxygens (including phenoxy) is 1. The number of hydrogen-bond acceptors (Lipinski definition) is 3. The average molecular weight is 255 g/mol. The average Bonchev–Trinajstić information content (AvgIpc) is 2.73. The zero-order valence-corrected chi connectivity index (χ0v) is 11.5. The fourth-order valence-corrected chi connectivity index (χ4v) is 3.37. The molecule has 0 aromatic carbocycles. The number of hydrogen-bond donors (Lipinski definition) is 1. The van der Waals surface area contributed by atoms with Crippen molar-refractivity contribution in [1.82, 2.24) is 4.90 Å². The topological polar surface area (TPSA) is 49.8 Å². The Morgan fingerprint density at radius 1 is 1.44 bits per heavy atom. The third-order valence-corrected chi connectivity index (χ3v) is 4.36. The number of carboxylic acids is 1. The Bertz CT molecular complexity index is 297. The maximum Gasteiger partial charge on any atom is 0.303 e. The predicted octanol–water partition coefficient (Wildman–Crippen LogP) is 2.13. The van der Waals surface area contributed by atoms with Crippen LogP contribution < -0.4 is 0 Å². The molecule has 2 heterocycles. The lowest BCUT2D eigenvalue weighted by Gasteiger charge is -2.46. The van der Waals surface area contributed by atoms with Gasteiger partial charge in [-0.2, -0.15) is 0 Å². The molecule has 0 spiro atoms. The van der Waals surface area contributed by atoms with Crippen LogP contribution in [0.4, 0.5) is 0 Å². The molecule has 1 N–H and O–H groups in total. The highest BCUT2D eigenvalue weighted by Crippen LogP contribution is 2.34. The first kappa shape index (κ1) is 13.8. The zero-order chi connectivity index (χ0) is 13.2. The highest BCUT2D eigenvalue weighted by atomic mass is 16.5. The molecule has 0 radical (unpaired) electrons. The SMILES string of the molecule is CC1(C)CC(CC(=O)O)CCN1CC1CCCO1. The van der Waals surface area contributed by atoms with Gasteiger partial charge in [-0.05, 0) is 52.0 Å². The molecule has 2 aliphatic heterocycles. The minimum Gasteiger partial charge on any atom is -0.481 e. The van der Waals surface area contributed by atoms with Crippen molar-refractivity contribution < 1.29 is 14.6 Å². The Labute approximate surface area is 109 Å². The zero-order valence-electron chi connectivity index (χ0n) is 11.5. The van der Waals surface area contributed by atoms with Crippen LogP contribution in [-0.2, 0) is 9.53 Å². The van der Waals surface area contributed by atoms with Gasteiger partial charge in [0.05, 0.1) is 6.10 Å². The van der Waals surface area contributed by atoms with Crippen LogP contribution in [0, 0.1) is 5.92 Å². The molecule has 0 bridgehead atoms. The number of carbonyl (C=O) groups is 1. The summed E-state index contributed by atoms with van der Waals surface area (Å²) in [5, 5.41) is 8.90. The Hall–Kier alpha value is -0.610. The second kappa shape index (κ2) is 5.57. The van der Waals surface area contributed by atoms with Gasteiger partial charge in [0.2, 0.25) is 0 Å². The van der Waals surface area contributed by atoms with E-state index in [0.717, 1.165) is 32.5 Å². The number of carboxylic acid groups (broad SMARTS) is 1. The van der Waals surface area contributed by atoms with Crippen molar-refractivity contribution in [3.8, 4) is 0 Å². The van der Waals surface area contributed by atoms with Crippen LogP contribution in [0.3, 0.4) is 0 Å². The minimum atomic E-state index is -0.664. The van der Waals surface area contributed by atoms with Crippen LogP contribution >= 0.6 is 0 Å². The van der Waals surface area contributed by atoms with Crippen LogP contribution in [0.2, 0.25) is 0 Å². The van der Waals surface area contributed by atoms with E-state index >= 15 is 0 Å². The lowest BCUT2D eigenvalue weighted by Crippen LogP contribution is -2.52. The van der Waals surface area contributed by atoms with Crippen molar-refractivity contribution in [3.63, 3.8) is 0 Å². The largest absolute Gasteiger partial charge is 0.481 e. The van der Waals surface area contributed by atoms with Crippen LogP contribution in [-0.4, -0.2) is 47.3 Å². The summed E-state index contributed by atoms with van der Waals surface area (Å²) in [6.45, 7) is 7.38. The van der Waals surface area contributed by atoms with E-state index in [4.69, 9.17) is 9.84 Å². The van der Waals surface area contributed by atoms with E-state index in [1.54, 1.807) is 0 Å². The van der Waals surface area contributed by atoms with Crippen LogP contribution in [0.5, 0.6) is 0 Å². The third kappa shape index (κ3) is 3.45. The van der Waals surface area contributed by atoms with E-state index in [2.05, 4.69) is 18.7 Å². The van der Waals surface area contributed by atoms with E-state index in [1.165, 1.54) is 12.8 Å². The molecule has 0 aliphatic carbocycles. The van der Waals surface area contributed by atoms with E-state index in [9.17, 15) is 4.79 Å². The second-order valence-electron chi connectivity index (χ2n) is 6.35. The number of likely N-dealkylation sites (tertiary alicyclic amines) is 1. The monoisotopic (exact) mass is 255 g/mol. The number of rotatable bonds is 4. The molecule has 104 valence electrons. The molecule has 2 rings (SSSR count). The normalized spacial score (nSPS) is 32.6. The van der Waals surface area contributed by atoms with Crippen molar-refractivity contribution in [2.45, 2.75) is 57.6 Å². The lowest BCUT2D eigenvalue weighted by molar-refractivity contribution is -0.139. The molecule has 2 aliphatic rings. The van der Waals surface area contributed by atoms with E-state index in [0.29, 0.717) is 18.4 Å².